The van der Waals surface area contributed by atoms with Crippen molar-refractivity contribution in [2.24, 2.45) is 0 Å². The van der Waals surface area contributed by atoms with Gasteiger partial charge in [-0.05, 0) is 23.6 Å². The van der Waals surface area contributed by atoms with E-state index in [0.29, 0.717) is 22.0 Å². The zero-order valence-corrected chi connectivity index (χ0v) is 15.8. The first-order valence-corrected chi connectivity index (χ1v) is 9.59. The van der Waals surface area contributed by atoms with Crippen LogP contribution in [0.3, 0.4) is 0 Å². The minimum atomic E-state index is -0.543. The minimum absolute atomic E-state index is 0.116. The fraction of sp³-hybridized carbons (Fsp3) is 0.111. The molecule has 136 valence electrons. The zero-order valence-electron chi connectivity index (χ0n) is 14.1. The molecule has 0 fully saturated rings. The number of methoxy groups -OCH3 is 1. The van der Waals surface area contributed by atoms with Crippen molar-refractivity contribution in [3.8, 4) is 15.6 Å². The molecule has 0 aliphatic carbocycles. The maximum absolute atomic E-state index is 12.3. The van der Waals surface area contributed by atoms with Crippen LogP contribution in [0.5, 0.6) is 5.75 Å². The number of rotatable bonds is 5. The summed E-state index contributed by atoms with van der Waals surface area (Å²) in [5.41, 5.74) is 0.364. The van der Waals surface area contributed by atoms with E-state index >= 15 is 0 Å². The Bertz CT molecular complexity index is 1170. The summed E-state index contributed by atoms with van der Waals surface area (Å²) in [4.78, 5) is 30.4. The molecule has 0 aliphatic heterocycles. The number of hydrogen-bond acceptors (Lipinski definition) is 8. The Labute approximate surface area is 161 Å². The highest BCUT2D eigenvalue weighted by atomic mass is 32.1. The number of carbonyl (C=O) groups is 1. The van der Waals surface area contributed by atoms with Crippen LogP contribution in [-0.4, -0.2) is 27.7 Å². The summed E-state index contributed by atoms with van der Waals surface area (Å²) in [6.07, 6.45) is 0. The number of thiophene rings is 1. The number of esters is 1. The molecular formula is C18H13N3O4S2. The van der Waals surface area contributed by atoms with Crippen molar-refractivity contribution in [1.29, 1.82) is 0 Å². The number of aromatic nitrogens is 3. The van der Waals surface area contributed by atoms with E-state index in [1.54, 1.807) is 35.6 Å². The molecule has 0 aliphatic rings. The van der Waals surface area contributed by atoms with Gasteiger partial charge in [0, 0.05) is 6.07 Å². The Balaban J connectivity index is 1.57. The van der Waals surface area contributed by atoms with Gasteiger partial charge < -0.3 is 9.47 Å². The fourth-order valence-electron chi connectivity index (χ4n) is 2.46. The van der Waals surface area contributed by atoms with Crippen LogP contribution in [0.2, 0.25) is 0 Å². The van der Waals surface area contributed by atoms with E-state index < -0.39 is 5.97 Å². The van der Waals surface area contributed by atoms with Crippen molar-refractivity contribution in [3.63, 3.8) is 0 Å². The van der Waals surface area contributed by atoms with Crippen LogP contribution in [0, 0.1) is 0 Å². The topological polar surface area (TPSA) is 82.8 Å². The van der Waals surface area contributed by atoms with Crippen molar-refractivity contribution < 1.29 is 14.3 Å². The number of nitrogens with zero attached hydrogens (tertiary/aromatic N) is 3. The van der Waals surface area contributed by atoms with Gasteiger partial charge >= 0.3 is 5.97 Å². The van der Waals surface area contributed by atoms with Gasteiger partial charge in [-0.2, -0.15) is 9.61 Å². The van der Waals surface area contributed by atoms with Gasteiger partial charge in [0.15, 0.2) is 5.01 Å². The third-order valence-electron chi connectivity index (χ3n) is 3.71. The lowest BCUT2D eigenvalue weighted by Gasteiger charge is -2.08. The van der Waals surface area contributed by atoms with Crippen molar-refractivity contribution in [2.45, 2.75) is 6.61 Å². The molecule has 0 N–H and O–H groups in total. The van der Waals surface area contributed by atoms with Crippen molar-refractivity contribution in [1.82, 2.24) is 14.6 Å². The summed E-state index contributed by atoms with van der Waals surface area (Å²) in [5.74, 6) is -0.118. The second-order valence-corrected chi connectivity index (χ2v) is 7.34. The lowest BCUT2D eigenvalue weighted by Crippen LogP contribution is -2.16. The molecule has 0 atom stereocenters. The molecule has 0 saturated heterocycles. The molecular weight excluding hydrogens is 386 g/mol. The maximum Gasteiger partial charge on any atom is 0.342 e. The van der Waals surface area contributed by atoms with E-state index in [2.05, 4.69) is 10.1 Å². The first kappa shape index (κ1) is 17.4. The van der Waals surface area contributed by atoms with Crippen LogP contribution >= 0.6 is 22.7 Å². The molecule has 0 unspecified atom stereocenters. The van der Waals surface area contributed by atoms with Crippen LogP contribution in [0.25, 0.3) is 14.8 Å². The molecule has 9 heteroatoms. The standard InChI is InChI=1S/C18H13N3O4S2/c1-24-13-6-3-2-5-12(13)17(23)25-10-11-9-15(22)21-18(19-11)27-16(20-21)14-7-4-8-26-14/h2-9H,10H2,1H3. The highest BCUT2D eigenvalue weighted by Crippen LogP contribution is 2.28. The lowest BCUT2D eigenvalue weighted by atomic mass is 10.2. The van der Waals surface area contributed by atoms with Gasteiger partial charge in [0.1, 0.15) is 17.9 Å². The van der Waals surface area contributed by atoms with E-state index in [-0.39, 0.29) is 12.2 Å². The van der Waals surface area contributed by atoms with Crippen LogP contribution in [0.1, 0.15) is 16.1 Å². The fourth-order valence-corrected chi connectivity index (χ4v) is 4.18. The summed E-state index contributed by atoms with van der Waals surface area (Å²) in [7, 11) is 1.48. The van der Waals surface area contributed by atoms with Gasteiger partial charge in [-0.3, -0.25) is 4.79 Å². The van der Waals surface area contributed by atoms with Crippen molar-refractivity contribution in [3.05, 3.63) is 69.5 Å². The number of fused-ring (bicyclic) bond motifs is 1. The van der Waals surface area contributed by atoms with Crippen molar-refractivity contribution >= 4 is 33.6 Å². The molecule has 0 amide bonds. The summed E-state index contributed by atoms with van der Waals surface area (Å²) in [6, 6.07) is 12.0. The highest BCUT2D eigenvalue weighted by molar-refractivity contribution is 7.23. The Hall–Kier alpha value is -3.04. The Kier molecular flexibility index (Phi) is 4.69. The third kappa shape index (κ3) is 3.46. The summed E-state index contributed by atoms with van der Waals surface area (Å²) in [6.45, 7) is -0.116. The number of ether oxygens (including phenoxy) is 2. The monoisotopic (exact) mass is 399 g/mol. The smallest absolute Gasteiger partial charge is 0.342 e. The van der Waals surface area contributed by atoms with Crippen LogP contribution in [0.4, 0.5) is 0 Å². The van der Waals surface area contributed by atoms with E-state index in [4.69, 9.17) is 9.47 Å². The highest BCUT2D eigenvalue weighted by Gasteiger charge is 2.15. The molecule has 4 aromatic rings. The first-order valence-electron chi connectivity index (χ1n) is 7.89. The largest absolute Gasteiger partial charge is 0.496 e. The summed E-state index contributed by atoms with van der Waals surface area (Å²) in [5, 5.41) is 6.97. The van der Waals surface area contributed by atoms with Crippen LogP contribution in [-0.2, 0) is 11.3 Å². The van der Waals surface area contributed by atoms with Gasteiger partial charge in [0.05, 0.1) is 17.7 Å². The van der Waals surface area contributed by atoms with Crippen LogP contribution in [0.15, 0.2) is 52.6 Å². The second kappa shape index (κ2) is 7.29. The number of para-hydroxylation sites is 1. The van der Waals surface area contributed by atoms with Gasteiger partial charge in [-0.15, -0.1) is 11.3 Å². The third-order valence-corrected chi connectivity index (χ3v) is 5.66. The van der Waals surface area contributed by atoms with E-state index in [0.717, 1.165) is 9.88 Å². The predicted molar refractivity (Wildman–Crippen MR) is 103 cm³/mol. The molecule has 4 rings (SSSR count). The average molecular weight is 399 g/mol. The van der Waals surface area contributed by atoms with E-state index in [1.807, 2.05) is 17.5 Å². The second-order valence-electron chi connectivity index (χ2n) is 5.44. The Morgan fingerprint density at radius 3 is 2.85 bits per heavy atom. The SMILES string of the molecule is COc1ccccc1C(=O)OCc1cc(=O)n2nc(-c3cccs3)sc2n1. The molecule has 3 heterocycles. The molecule has 7 nitrogen and oxygen atoms in total. The maximum atomic E-state index is 12.3. The summed E-state index contributed by atoms with van der Waals surface area (Å²) < 4.78 is 11.7. The van der Waals surface area contributed by atoms with Crippen LogP contribution < -0.4 is 10.3 Å². The predicted octanol–water partition coefficient (Wildman–Crippen LogP) is 3.25. The van der Waals surface area contributed by atoms with E-state index in [1.165, 1.54) is 29.0 Å². The van der Waals surface area contributed by atoms with E-state index in [9.17, 15) is 9.59 Å². The summed E-state index contributed by atoms with van der Waals surface area (Å²) >= 11 is 2.85. The number of carbonyl (C=O) groups excluding carboxylic acids is 1. The van der Waals surface area contributed by atoms with Gasteiger partial charge in [-0.1, -0.05) is 29.5 Å². The van der Waals surface area contributed by atoms with Gasteiger partial charge in [0.25, 0.3) is 5.56 Å². The zero-order chi connectivity index (χ0) is 18.8. The molecule has 0 radical (unpaired) electrons. The number of hydrogen-bond donors (Lipinski definition) is 0. The number of benzene rings is 1. The Morgan fingerprint density at radius 1 is 1.22 bits per heavy atom. The minimum Gasteiger partial charge on any atom is -0.496 e. The van der Waals surface area contributed by atoms with Gasteiger partial charge in [-0.25, -0.2) is 9.78 Å². The molecule has 1 aromatic carbocycles. The normalized spacial score (nSPS) is 10.9. The first-order chi connectivity index (χ1) is 13.2. The van der Waals surface area contributed by atoms with Crippen molar-refractivity contribution in [2.75, 3.05) is 7.11 Å². The Morgan fingerprint density at radius 2 is 2.07 bits per heavy atom. The molecule has 3 aromatic heterocycles. The molecule has 27 heavy (non-hydrogen) atoms. The van der Waals surface area contributed by atoms with Gasteiger partial charge in [0.2, 0.25) is 4.96 Å². The quantitative estimate of drug-likeness (QED) is 0.479. The molecule has 0 saturated carbocycles. The molecule has 0 bridgehead atoms. The average Bonchev–Trinajstić information content (AvgIpc) is 3.35. The molecule has 0 spiro atoms. The lowest BCUT2D eigenvalue weighted by molar-refractivity contribution is 0.0464.